The maximum Gasteiger partial charge on any atom is 0.359 e. The number of para-hydroxylation sites is 1. The predicted molar refractivity (Wildman–Crippen MR) is 112 cm³/mol. The summed E-state index contributed by atoms with van der Waals surface area (Å²) in [5.41, 5.74) is -1.62. The number of ether oxygens (including phenoxy) is 2. The molecule has 0 saturated heterocycles. The van der Waals surface area contributed by atoms with E-state index in [4.69, 9.17) is 9.47 Å². The van der Waals surface area contributed by atoms with Gasteiger partial charge in [0, 0.05) is 6.07 Å². The van der Waals surface area contributed by atoms with Crippen LogP contribution in [0.3, 0.4) is 0 Å². The highest BCUT2D eigenvalue weighted by Crippen LogP contribution is 2.15. The number of aromatic nitrogens is 2. The number of rotatable bonds is 9. The van der Waals surface area contributed by atoms with Crippen molar-refractivity contribution in [2.45, 2.75) is 45.9 Å². The number of benzene rings is 1. The first kappa shape index (κ1) is 23.6. The van der Waals surface area contributed by atoms with Gasteiger partial charge in [0.1, 0.15) is 17.9 Å². The Morgan fingerprint density at radius 2 is 1.87 bits per heavy atom. The molecule has 1 amide bonds. The molecule has 1 heterocycles. The van der Waals surface area contributed by atoms with Gasteiger partial charge in [-0.15, -0.1) is 0 Å². The van der Waals surface area contributed by atoms with Crippen molar-refractivity contribution >= 4 is 11.9 Å². The Bertz CT molecular complexity index is 1010. The van der Waals surface area contributed by atoms with Crippen LogP contribution < -0.4 is 15.6 Å². The molecule has 164 valence electrons. The van der Waals surface area contributed by atoms with Gasteiger partial charge in [-0.1, -0.05) is 32.0 Å². The van der Waals surface area contributed by atoms with E-state index in [1.165, 1.54) is 19.1 Å². The second-order valence-electron chi connectivity index (χ2n) is 7.45. The molecule has 0 radical (unpaired) electrons. The SMILES string of the molecule is CC(OC(=O)c1ccc(=O)n(CCOc2ccccc2)n1)C(=O)NC(C)(C#N)C(C)C. The summed E-state index contributed by atoms with van der Waals surface area (Å²) in [4.78, 5) is 36.8. The van der Waals surface area contributed by atoms with Crippen molar-refractivity contribution in [1.29, 1.82) is 5.26 Å². The number of nitrogens with zero attached hydrogens (tertiary/aromatic N) is 3. The van der Waals surface area contributed by atoms with Crippen LogP contribution in [0.2, 0.25) is 0 Å². The molecular formula is C22H26N4O5. The summed E-state index contributed by atoms with van der Waals surface area (Å²) in [6.07, 6.45) is -1.15. The van der Waals surface area contributed by atoms with Gasteiger partial charge in [0.2, 0.25) is 0 Å². The van der Waals surface area contributed by atoms with Gasteiger partial charge >= 0.3 is 5.97 Å². The topological polar surface area (TPSA) is 123 Å². The molecule has 0 fully saturated rings. The standard InChI is InChI=1S/C22H26N4O5/c1-15(2)22(4,14-23)24-20(28)16(3)31-21(29)18-10-11-19(27)26(25-18)12-13-30-17-8-6-5-7-9-17/h5-11,15-16H,12-13H2,1-4H3,(H,24,28). The molecule has 0 bridgehead atoms. The second kappa shape index (κ2) is 10.4. The Morgan fingerprint density at radius 3 is 2.48 bits per heavy atom. The number of hydrogen-bond acceptors (Lipinski definition) is 7. The van der Waals surface area contributed by atoms with Crippen molar-refractivity contribution in [2.24, 2.45) is 5.92 Å². The third kappa shape index (κ3) is 6.40. The van der Waals surface area contributed by atoms with E-state index in [1.807, 2.05) is 18.2 Å². The Balaban J connectivity index is 2.00. The average molecular weight is 426 g/mol. The molecule has 0 saturated carbocycles. The van der Waals surface area contributed by atoms with Crippen LogP contribution >= 0.6 is 0 Å². The number of hydrogen-bond donors (Lipinski definition) is 1. The van der Waals surface area contributed by atoms with Crippen molar-refractivity contribution in [3.63, 3.8) is 0 Å². The number of nitrogens with one attached hydrogen (secondary N) is 1. The number of carbonyl (C=O) groups is 2. The minimum atomic E-state index is -1.15. The summed E-state index contributed by atoms with van der Waals surface area (Å²) in [6, 6.07) is 13.6. The van der Waals surface area contributed by atoms with Gasteiger partial charge in [0.25, 0.3) is 11.5 Å². The van der Waals surface area contributed by atoms with E-state index < -0.39 is 29.1 Å². The van der Waals surface area contributed by atoms with Crippen molar-refractivity contribution < 1.29 is 19.1 Å². The van der Waals surface area contributed by atoms with Crippen molar-refractivity contribution in [3.8, 4) is 11.8 Å². The second-order valence-corrected chi connectivity index (χ2v) is 7.45. The number of amides is 1. The molecule has 9 nitrogen and oxygen atoms in total. The highest BCUT2D eigenvalue weighted by molar-refractivity contribution is 5.90. The molecule has 2 atom stereocenters. The zero-order valence-corrected chi connectivity index (χ0v) is 18.0. The summed E-state index contributed by atoms with van der Waals surface area (Å²) in [7, 11) is 0. The lowest BCUT2D eigenvalue weighted by atomic mass is 9.90. The molecule has 2 aromatic rings. The fraction of sp³-hybridized carbons (Fsp3) is 0.409. The Labute approximate surface area is 180 Å². The fourth-order valence-corrected chi connectivity index (χ4v) is 2.42. The van der Waals surface area contributed by atoms with Gasteiger partial charge in [-0.25, -0.2) is 9.48 Å². The van der Waals surface area contributed by atoms with E-state index in [9.17, 15) is 19.6 Å². The van der Waals surface area contributed by atoms with Crippen LogP contribution in [0, 0.1) is 17.2 Å². The molecule has 2 rings (SSSR count). The van der Waals surface area contributed by atoms with Crippen LogP contribution in [-0.4, -0.2) is 39.9 Å². The first-order valence-electron chi connectivity index (χ1n) is 9.86. The minimum Gasteiger partial charge on any atom is -0.492 e. The lowest BCUT2D eigenvalue weighted by Gasteiger charge is -2.28. The molecule has 31 heavy (non-hydrogen) atoms. The number of nitriles is 1. The van der Waals surface area contributed by atoms with E-state index in [-0.39, 0.29) is 24.8 Å². The van der Waals surface area contributed by atoms with Crippen molar-refractivity contribution in [2.75, 3.05) is 6.61 Å². The van der Waals surface area contributed by atoms with Crippen molar-refractivity contribution in [3.05, 3.63) is 58.5 Å². The lowest BCUT2D eigenvalue weighted by Crippen LogP contribution is -2.52. The molecule has 0 aliphatic rings. The Kier molecular flexibility index (Phi) is 7.91. The van der Waals surface area contributed by atoms with Gasteiger partial charge in [-0.05, 0) is 38.0 Å². The fourth-order valence-electron chi connectivity index (χ4n) is 2.42. The highest BCUT2D eigenvalue weighted by atomic mass is 16.5. The van der Waals surface area contributed by atoms with Crippen LogP contribution in [0.4, 0.5) is 0 Å². The summed E-state index contributed by atoms with van der Waals surface area (Å²) < 4.78 is 11.8. The zero-order valence-electron chi connectivity index (χ0n) is 18.0. The van der Waals surface area contributed by atoms with Crippen LogP contribution in [0.5, 0.6) is 5.75 Å². The first-order chi connectivity index (χ1) is 14.7. The van der Waals surface area contributed by atoms with E-state index in [0.29, 0.717) is 5.75 Å². The Morgan fingerprint density at radius 1 is 1.19 bits per heavy atom. The Hall–Kier alpha value is -3.67. The summed E-state index contributed by atoms with van der Waals surface area (Å²) in [5, 5.41) is 15.9. The molecule has 1 aromatic carbocycles. The molecule has 2 unspecified atom stereocenters. The number of carbonyl (C=O) groups excluding carboxylic acids is 2. The van der Waals surface area contributed by atoms with Gasteiger partial charge < -0.3 is 14.8 Å². The highest BCUT2D eigenvalue weighted by Gasteiger charge is 2.32. The van der Waals surface area contributed by atoms with Crippen LogP contribution in [-0.2, 0) is 16.1 Å². The maximum absolute atomic E-state index is 12.4. The summed E-state index contributed by atoms with van der Waals surface area (Å²) in [6.45, 7) is 6.90. The van der Waals surface area contributed by atoms with Crippen LogP contribution in [0.25, 0.3) is 0 Å². The largest absolute Gasteiger partial charge is 0.492 e. The molecule has 1 aromatic heterocycles. The first-order valence-corrected chi connectivity index (χ1v) is 9.86. The summed E-state index contributed by atoms with van der Waals surface area (Å²) in [5.74, 6) is -0.955. The predicted octanol–water partition coefficient (Wildman–Crippen LogP) is 1.92. The molecule has 0 aliphatic carbocycles. The minimum absolute atomic E-state index is 0.120. The molecular weight excluding hydrogens is 400 g/mol. The average Bonchev–Trinajstić information content (AvgIpc) is 2.75. The van der Waals surface area contributed by atoms with Gasteiger partial charge in [-0.2, -0.15) is 10.4 Å². The molecule has 0 aliphatic heterocycles. The maximum atomic E-state index is 12.4. The van der Waals surface area contributed by atoms with Gasteiger partial charge in [-0.3, -0.25) is 9.59 Å². The van der Waals surface area contributed by atoms with E-state index in [0.717, 1.165) is 4.68 Å². The molecule has 1 N–H and O–H groups in total. The third-order valence-corrected chi connectivity index (χ3v) is 4.81. The van der Waals surface area contributed by atoms with E-state index >= 15 is 0 Å². The number of esters is 1. The van der Waals surface area contributed by atoms with E-state index in [2.05, 4.69) is 16.5 Å². The van der Waals surface area contributed by atoms with E-state index in [1.54, 1.807) is 32.9 Å². The van der Waals surface area contributed by atoms with Gasteiger partial charge in [0.05, 0.1) is 12.6 Å². The molecule has 0 spiro atoms. The molecule has 9 heteroatoms. The monoisotopic (exact) mass is 426 g/mol. The smallest absolute Gasteiger partial charge is 0.359 e. The normalized spacial score (nSPS) is 13.5. The zero-order chi connectivity index (χ0) is 23.0. The van der Waals surface area contributed by atoms with Crippen LogP contribution in [0.1, 0.15) is 38.2 Å². The van der Waals surface area contributed by atoms with Crippen molar-refractivity contribution in [1.82, 2.24) is 15.1 Å². The summed E-state index contributed by atoms with van der Waals surface area (Å²) >= 11 is 0. The third-order valence-electron chi connectivity index (χ3n) is 4.81. The van der Waals surface area contributed by atoms with Gasteiger partial charge in [0.15, 0.2) is 11.8 Å². The van der Waals surface area contributed by atoms with Crippen LogP contribution in [0.15, 0.2) is 47.3 Å². The lowest BCUT2D eigenvalue weighted by molar-refractivity contribution is -0.130. The quantitative estimate of drug-likeness (QED) is 0.608.